The Morgan fingerprint density at radius 2 is 1.92 bits per heavy atom. The Morgan fingerprint density at radius 1 is 1.46 bits per heavy atom. The predicted molar refractivity (Wildman–Crippen MR) is 55.6 cm³/mol. The van der Waals surface area contributed by atoms with E-state index < -0.39 is 0 Å². The summed E-state index contributed by atoms with van der Waals surface area (Å²) < 4.78 is 0. The molecule has 3 nitrogen and oxygen atoms in total. The highest BCUT2D eigenvalue weighted by Gasteiger charge is 2.22. The minimum absolute atomic E-state index is 0. The van der Waals surface area contributed by atoms with Crippen LogP contribution in [-0.2, 0) is 9.63 Å². The van der Waals surface area contributed by atoms with Crippen molar-refractivity contribution < 1.29 is 9.63 Å². The van der Waals surface area contributed by atoms with Crippen LogP contribution in [0.4, 0.5) is 0 Å². The lowest BCUT2D eigenvalue weighted by molar-refractivity contribution is -0.147. The van der Waals surface area contributed by atoms with Crippen LogP contribution in [0.1, 0.15) is 27.7 Å². The minimum Gasteiger partial charge on any atom is -0.367 e. The lowest BCUT2D eigenvalue weighted by Crippen LogP contribution is -2.25. The van der Waals surface area contributed by atoms with Crippen LogP contribution in [0.2, 0.25) is 0 Å². The normalized spacial score (nSPS) is 10.2. The van der Waals surface area contributed by atoms with Gasteiger partial charge in [0, 0.05) is 12.1 Å². The monoisotopic (exact) mass is 207 g/mol. The van der Waals surface area contributed by atoms with Crippen molar-refractivity contribution in [2.45, 2.75) is 27.7 Å². The summed E-state index contributed by atoms with van der Waals surface area (Å²) in [4.78, 5) is 15.9. The van der Waals surface area contributed by atoms with Crippen molar-refractivity contribution in [2.75, 3.05) is 6.54 Å². The molecule has 0 aliphatic carbocycles. The number of halogens is 1. The van der Waals surface area contributed by atoms with Gasteiger partial charge in [0.2, 0.25) is 0 Å². The van der Waals surface area contributed by atoms with E-state index in [4.69, 9.17) is 4.84 Å². The predicted octanol–water partition coefficient (Wildman–Crippen LogP) is 2.08. The van der Waals surface area contributed by atoms with Crippen molar-refractivity contribution in [3.63, 3.8) is 0 Å². The first-order valence-corrected chi connectivity index (χ1v) is 4.03. The van der Waals surface area contributed by atoms with Crippen LogP contribution in [0, 0.1) is 5.41 Å². The number of hydroxylamine groups is 1. The van der Waals surface area contributed by atoms with Gasteiger partial charge >= 0.3 is 5.97 Å². The number of hydrogen-bond acceptors (Lipinski definition) is 3. The van der Waals surface area contributed by atoms with Crippen molar-refractivity contribution in [1.82, 2.24) is 5.48 Å². The van der Waals surface area contributed by atoms with E-state index in [0.29, 0.717) is 12.1 Å². The largest absolute Gasteiger partial charge is 0.367 e. The van der Waals surface area contributed by atoms with Gasteiger partial charge in [0.05, 0.1) is 0 Å². The standard InChI is InChI=1S/C9H17NO2.ClH/c1-6-10-12-8(11)7(2)9(3,4)5;/h10H,2,6H2,1,3-5H3;1H. The maximum atomic E-state index is 11.2. The van der Waals surface area contributed by atoms with Gasteiger partial charge in [-0.3, -0.25) is 0 Å². The van der Waals surface area contributed by atoms with E-state index in [0.717, 1.165) is 0 Å². The molecule has 13 heavy (non-hydrogen) atoms. The quantitative estimate of drug-likeness (QED) is 0.569. The summed E-state index contributed by atoms with van der Waals surface area (Å²) in [5.41, 5.74) is 2.74. The number of rotatable bonds is 3. The zero-order valence-electron chi connectivity index (χ0n) is 8.64. The Morgan fingerprint density at radius 3 is 2.23 bits per heavy atom. The van der Waals surface area contributed by atoms with Gasteiger partial charge in [-0.05, 0) is 12.3 Å². The van der Waals surface area contributed by atoms with Gasteiger partial charge in [0.15, 0.2) is 0 Å². The summed E-state index contributed by atoms with van der Waals surface area (Å²) in [7, 11) is 0. The lowest BCUT2D eigenvalue weighted by Gasteiger charge is -2.19. The smallest absolute Gasteiger partial charge is 0.352 e. The molecule has 0 fully saturated rings. The second-order valence-electron chi connectivity index (χ2n) is 3.62. The highest BCUT2D eigenvalue weighted by atomic mass is 35.5. The molecule has 78 valence electrons. The van der Waals surface area contributed by atoms with Crippen LogP contribution >= 0.6 is 12.4 Å². The zero-order chi connectivity index (χ0) is 9.78. The number of hydrogen-bond donors (Lipinski definition) is 1. The van der Waals surface area contributed by atoms with E-state index in [1.807, 2.05) is 27.7 Å². The Balaban J connectivity index is 0. The fraction of sp³-hybridized carbons (Fsp3) is 0.667. The van der Waals surface area contributed by atoms with Crippen molar-refractivity contribution in [3.05, 3.63) is 12.2 Å². The van der Waals surface area contributed by atoms with Crippen LogP contribution < -0.4 is 5.48 Å². The van der Waals surface area contributed by atoms with Crippen LogP contribution in [0.5, 0.6) is 0 Å². The molecule has 0 saturated heterocycles. The Bertz CT molecular complexity index is 185. The average Bonchev–Trinajstić information content (AvgIpc) is 1.97. The molecule has 0 aromatic heterocycles. The SMILES string of the molecule is C=C(C(=O)ONCC)C(C)(C)C.Cl. The highest BCUT2D eigenvalue weighted by Crippen LogP contribution is 2.23. The summed E-state index contributed by atoms with van der Waals surface area (Å²) in [5.74, 6) is -0.385. The van der Waals surface area contributed by atoms with Gasteiger partial charge in [-0.25, -0.2) is 4.79 Å². The molecule has 0 aromatic carbocycles. The second-order valence-corrected chi connectivity index (χ2v) is 3.62. The number of nitrogens with one attached hydrogen (secondary N) is 1. The average molecular weight is 208 g/mol. The van der Waals surface area contributed by atoms with Crippen LogP contribution in [0.3, 0.4) is 0 Å². The first-order chi connectivity index (χ1) is 5.39. The molecule has 0 unspecified atom stereocenters. The molecule has 0 spiro atoms. The minimum atomic E-state index is -0.385. The topological polar surface area (TPSA) is 38.3 Å². The molecule has 0 bridgehead atoms. The van der Waals surface area contributed by atoms with Crippen LogP contribution in [-0.4, -0.2) is 12.5 Å². The van der Waals surface area contributed by atoms with Gasteiger partial charge in [-0.2, -0.15) is 5.48 Å². The molecular formula is C9H18ClNO2. The van der Waals surface area contributed by atoms with Crippen molar-refractivity contribution >= 4 is 18.4 Å². The highest BCUT2D eigenvalue weighted by molar-refractivity contribution is 5.88. The van der Waals surface area contributed by atoms with E-state index in [2.05, 4.69) is 12.1 Å². The molecule has 0 rings (SSSR count). The van der Waals surface area contributed by atoms with Gasteiger partial charge in [0.25, 0.3) is 0 Å². The van der Waals surface area contributed by atoms with E-state index in [-0.39, 0.29) is 23.8 Å². The van der Waals surface area contributed by atoms with E-state index in [1.54, 1.807) is 0 Å². The molecule has 0 aliphatic heterocycles. The number of carbonyl (C=O) groups excluding carboxylic acids is 1. The molecule has 0 heterocycles. The van der Waals surface area contributed by atoms with Crippen LogP contribution in [0.15, 0.2) is 12.2 Å². The van der Waals surface area contributed by atoms with Crippen molar-refractivity contribution in [1.29, 1.82) is 0 Å². The molecule has 0 radical (unpaired) electrons. The van der Waals surface area contributed by atoms with E-state index >= 15 is 0 Å². The third kappa shape index (κ3) is 5.66. The zero-order valence-corrected chi connectivity index (χ0v) is 9.46. The third-order valence-electron chi connectivity index (χ3n) is 1.46. The van der Waals surface area contributed by atoms with Gasteiger partial charge in [-0.1, -0.05) is 27.4 Å². The molecule has 1 N–H and O–H groups in total. The first-order valence-electron chi connectivity index (χ1n) is 4.03. The summed E-state index contributed by atoms with van der Waals surface area (Å²) in [6, 6.07) is 0. The van der Waals surface area contributed by atoms with E-state index in [9.17, 15) is 4.79 Å². The Labute approximate surface area is 85.9 Å². The molecular weight excluding hydrogens is 190 g/mol. The Hall–Kier alpha value is -0.540. The maximum Gasteiger partial charge on any atom is 0.352 e. The third-order valence-corrected chi connectivity index (χ3v) is 1.46. The van der Waals surface area contributed by atoms with E-state index in [1.165, 1.54) is 0 Å². The fourth-order valence-electron chi connectivity index (χ4n) is 0.506. The molecule has 0 atom stereocenters. The molecule has 0 aromatic rings. The van der Waals surface area contributed by atoms with Gasteiger partial charge in [-0.15, -0.1) is 12.4 Å². The second kappa shape index (κ2) is 6.00. The van der Waals surface area contributed by atoms with Gasteiger partial charge in [0.1, 0.15) is 0 Å². The Kier molecular flexibility index (Phi) is 6.90. The summed E-state index contributed by atoms with van der Waals surface area (Å²) in [6.07, 6.45) is 0. The lowest BCUT2D eigenvalue weighted by atomic mass is 9.88. The fourth-order valence-corrected chi connectivity index (χ4v) is 0.506. The summed E-state index contributed by atoms with van der Waals surface area (Å²) in [5, 5.41) is 0. The van der Waals surface area contributed by atoms with Gasteiger partial charge < -0.3 is 4.84 Å². The molecule has 4 heteroatoms. The first kappa shape index (κ1) is 15.0. The summed E-state index contributed by atoms with van der Waals surface area (Å²) >= 11 is 0. The number of carbonyl (C=O) groups is 1. The maximum absolute atomic E-state index is 11.2. The molecule has 0 saturated carbocycles. The van der Waals surface area contributed by atoms with Crippen molar-refractivity contribution in [3.8, 4) is 0 Å². The molecule has 0 amide bonds. The van der Waals surface area contributed by atoms with Crippen molar-refractivity contribution in [2.24, 2.45) is 5.41 Å². The summed E-state index contributed by atoms with van der Waals surface area (Å²) in [6.45, 7) is 11.9. The van der Waals surface area contributed by atoms with Crippen LogP contribution in [0.25, 0.3) is 0 Å². The molecule has 0 aliphatic rings.